The fourth-order valence-electron chi connectivity index (χ4n) is 1.12. The van der Waals surface area contributed by atoms with Crippen molar-refractivity contribution >= 4 is 23.1 Å². The Morgan fingerprint density at radius 3 is 2.56 bits per heavy atom. The van der Waals surface area contributed by atoms with Crippen LogP contribution in [0.2, 0.25) is 5.15 Å². The Morgan fingerprint density at radius 2 is 1.88 bits per heavy atom. The summed E-state index contributed by atoms with van der Waals surface area (Å²) in [6.07, 6.45) is 1.27. The second-order valence-corrected chi connectivity index (χ2v) is 3.37. The van der Waals surface area contributed by atoms with Crippen molar-refractivity contribution in [3.05, 3.63) is 47.4 Å². The molecule has 1 aromatic carbocycles. The summed E-state index contributed by atoms with van der Waals surface area (Å²) in [4.78, 5) is 7.56. The van der Waals surface area contributed by atoms with Crippen LogP contribution in [-0.4, -0.2) is 9.97 Å². The van der Waals surface area contributed by atoms with Gasteiger partial charge in [0.05, 0.1) is 0 Å². The van der Waals surface area contributed by atoms with E-state index in [2.05, 4.69) is 15.3 Å². The molecule has 6 heteroatoms. The lowest BCUT2D eigenvalue weighted by molar-refractivity contribution is 0.509. The zero-order chi connectivity index (χ0) is 11.5. The molecule has 1 aromatic heterocycles. The van der Waals surface area contributed by atoms with Crippen LogP contribution in [-0.2, 0) is 0 Å². The minimum absolute atomic E-state index is 0.264. The molecular formula is C10H6ClF2N3. The first-order chi connectivity index (χ1) is 7.65. The number of anilines is 2. The molecule has 0 fully saturated rings. The first-order valence-electron chi connectivity index (χ1n) is 4.35. The van der Waals surface area contributed by atoms with E-state index in [-0.39, 0.29) is 5.15 Å². The van der Waals surface area contributed by atoms with Gasteiger partial charge in [0.2, 0.25) is 0 Å². The van der Waals surface area contributed by atoms with Crippen molar-refractivity contribution in [1.29, 1.82) is 0 Å². The molecule has 3 nitrogen and oxygen atoms in total. The van der Waals surface area contributed by atoms with E-state index in [1.165, 1.54) is 18.5 Å². The van der Waals surface area contributed by atoms with Gasteiger partial charge in [-0.05, 0) is 12.1 Å². The van der Waals surface area contributed by atoms with Crippen LogP contribution in [0.1, 0.15) is 0 Å². The number of nitrogens with one attached hydrogen (secondary N) is 1. The Hall–Kier alpha value is -1.75. The summed E-state index contributed by atoms with van der Waals surface area (Å²) in [5, 5.41) is 3.03. The molecule has 0 aliphatic rings. The summed E-state index contributed by atoms with van der Waals surface area (Å²) >= 11 is 5.64. The molecule has 0 amide bonds. The summed E-state index contributed by atoms with van der Waals surface area (Å²) in [5.74, 6) is -1.41. The van der Waals surface area contributed by atoms with Gasteiger partial charge in [0, 0.05) is 17.8 Å². The van der Waals surface area contributed by atoms with Gasteiger partial charge >= 0.3 is 0 Å². The quantitative estimate of drug-likeness (QED) is 0.821. The van der Waals surface area contributed by atoms with Crippen LogP contribution in [0, 0.1) is 11.6 Å². The number of hydrogen-bond donors (Lipinski definition) is 1. The maximum Gasteiger partial charge on any atom is 0.160 e. The van der Waals surface area contributed by atoms with Crippen LogP contribution in [0.5, 0.6) is 0 Å². The zero-order valence-electron chi connectivity index (χ0n) is 7.92. The zero-order valence-corrected chi connectivity index (χ0v) is 8.67. The Bertz CT molecular complexity index is 519. The molecule has 2 aromatic rings. The molecule has 82 valence electrons. The van der Waals surface area contributed by atoms with E-state index < -0.39 is 11.6 Å². The predicted molar refractivity (Wildman–Crippen MR) is 56.7 cm³/mol. The summed E-state index contributed by atoms with van der Waals surface area (Å²) in [5.41, 5.74) is 0.383. The minimum atomic E-state index is -0.926. The van der Waals surface area contributed by atoms with E-state index in [4.69, 9.17) is 11.6 Å². The van der Waals surface area contributed by atoms with Crippen molar-refractivity contribution in [3.8, 4) is 0 Å². The Morgan fingerprint density at radius 1 is 1.06 bits per heavy atom. The summed E-state index contributed by atoms with van der Waals surface area (Å²) in [7, 11) is 0. The van der Waals surface area contributed by atoms with Crippen molar-refractivity contribution in [1.82, 2.24) is 9.97 Å². The average Bonchev–Trinajstić information content (AvgIpc) is 2.24. The van der Waals surface area contributed by atoms with Gasteiger partial charge in [-0.1, -0.05) is 11.6 Å². The predicted octanol–water partition coefficient (Wildman–Crippen LogP) is 3.15. The second-order valence-electron chi connectivity index (χ2n) is 2.98. The number of nitrogens with zero attached hydrogens (tertiary/aromatic N) is 2. The minimum Gasteiger partial charge on any atom is -0.340 e. The second kappa shape index (κ2) is 4.40. The van der Waals surface area contributed by atoms with Crippen LogP contribution < -0.4 is 5.32 Å². The first-order valence-corrected chi connectivity index (χ1v) is 4.72. The number of aromatic nitrogens is 2. The van der Waals surface area contributed by atoms with Crippen molar-refractivity contribution in [2.45, 2.75) is 0 Å². The molecule has 16 heavy (non-hydrogen) atoms. The maximum atomic E-state index is 12.9. The molecule has 0 saturated heterocycles. The van der Waals surface area contributed by atoms with Gasteiger partial charge in [-0.3, -0.25) is 0 Å². The van der Waals surface area contributed by atoms with Crippen LogP contribution >= 0.6 is 11.6 Å². The van der Waals surface area contributed by atoms with E-state index in [1.54, 1.807) is 0 Å². The third kappa shape index (κ3) is 2.43. The van der Waals surface area contributed by atoms with Gasteiger partial charge < -0.3 is 5.32 Å². The molecule has 0 aliphatic carbocycles. The van der Waals surface area contributed by atoms with E-state index in [0.717, 1.165) is 12.1 Å². The third-order valence-corrected chi connectivity index (χ3v) is 2.03. The van der Waals surface area contributed by atoms with Crippen molar-refractivity contribution in [3.63, 3.8) is 0 Å². The fraction of sp³-hybridized carbons (Fsp3) is 0. The van der Waals surface area contributed by atoms with E-state index >= 15 is 0 Å². The number of hydrogen-bond acceptors (Lipinski definition) is 3. The van der Waals surface area contributed by atoms with Gasteiger partial charge in [0.15, 0.2) is 11.6 Å². The fourth-order valence-corrected chi connectivity index (χ4v) is 1.27. The van der Waals surface area contributed by atoms with Crippen molar-refractivity contribution < 1.29 is 8.78 Å². The molecule has 2 rings (SSSR count). The molecule has 0 aliphatic heterocycles. The highest BCUT2D eigenvalue weighted by Gasteiger charge is 2.03. The largest absolute Gasteiger partial charge is 0.340 e. The number of halogens is 3. The van der Waals surface area contributed by atoms with Gasteiger partial charge in [-0.15, -0.1) is 0 Å². The highest BCUT2D eigenvalue weighted by Crippen LogP contribution is 2.18. The molecule has 0 bridgehead atoms. The van der Waals surface area contributed by atoms with Gasteiger partial charge in [0.1, 0.15) is 17.3 Å². The Kier molecular flexibility index (Phi) is 2.96. The third-order valence-electron chi connectivity index (χ3n) is 1.83. The molecule has 0 unspecified atom stereocenters. The normalized spacial score (nSPS) is 10.2. The van der Waals surface area contributed by atoms with Crippen LogP contribution in [0.25, 0.3) is 0 Å². The topological polar surface area (TPSA) is 37.8 Å². The highest BCUT2D eigenvalue weighted by molar-refractivity contribution is 6.29. The number of rotatable bonds is 2. The molecule has 0 atom stereocenters. The van der Waals surface area contributed by atoms with Gasteiger partial charge in [-0.25, -0.2) is 18.7 Å². The maximum absolute atomic E-state index is 12.9. The first kappa shape index (κ1) is 10.8. The summed E-state index contributed by atoms with van der Waals surface area (Å²) < 4.78 is 25.5. The average molecular weight is 242 g/mol. The number of benzene rings is 1. The monoisotopic (exact) mass is 241 g/mol. The van der Waals surface area contributed by atoms with Crippen LogP contribution in [0.3, 0.4) is 0 Å². The van der Waals surface area contributed by atoms with E-state index in [9.17, 15) is 8.78 Å². The molecule has 1 N–H and O–H groups in total. The van der Waals surface area contributed by atoms with Crippen molar-refractivity contribution in [2.24, 2.45) is 0 Å². The summed E-state index contributed by atoms with van der Waals surface area (Å²) in [6, 6.07) is 4.93. The lowest BCUT2D eigenvalue weighted by Gasteiger charge is -2.05. The lowest BCUT2D eigenvalue weighted by Crippen LogP contribution is -1.95. The van der Waals surface area contributed by atoms with Crippen LogP contribution in [0.4, 0.5) is 20.3 Å². The molecule has 0 spiro atoms. The molecule has 1 heterocycles. The smallest absolute Gasteiger partial charge is 0.160 e. The highest BCUT2D eigenvalue weighted by atomic mass is 35.5. The molecule has 0 saturated carbocycles. The van der Waals surface area contributed by atoms with Gasteiger partial charge in [-0.2, -0.15) is 0 Å². The lowest BCUT2D eigenvalue weighted by atomic mass is 10.3. The van der Waals surface area contributed by atoms with Gasteiger partial charge in [0.25, 0.3) is 0 Å². The standard InChI is InChI=1S/C10H6ClF2N3/c11-9-4-10(15-5-14-9)16-6-1-2-7(12)8(13)3-6/h1-5H,(H,14,15,16). The SMILES string of the molecule is Fc1ccc(Nc2cc(Cl)ncn2)cc1F. The van der Waals surface area contributed by atoms with E-state index in [0.29, 0.717) is 11.5 Å². The molecule has 0 radical (unpaired) electrons. The Labute approximate surface area is 95.1 Å². The Balaban J connectivity index is 2.24. The summed E-state index contributed by atoms with van der Waals surface area (Å²) in [6.45, 7) is 0. The van der Waals surface area contributed by atoms with Crippen LogP contribution in [0.15, 0.2) is 30.6 Å². The van der Waals surface area contributed by atoms with E-state index in [1.807, 2.05) is 0 Å². The van der Waals surface area contributed by atoms with Crippen molar-refractivity contribution in [2.75, 3.05) is 5.32 Å². The molecular weight excluding hydrogens is 236 g/mol.